The fourth-order valence-electron chi connectivity index (χ4n) is 2.81. The highest BCUT2D eigenvalue weighted by Crippen LogP contribution is 2.30. The lowest BCUT2D eigenvalue weighted by Gasteiger charge is -2.23. The summed E-state index contributed by atoms with van der Waals surface area (Å²) in [6.45, 7) is 7.12. The van der Waals surface area contributed by atoms with Crippen molar-refractivity contribution in [2.75, 3.05) is 0 Å². The van der Waals surface area contributed by atoms with Gasteiger partial charge < -0.3 is 10.1 Å². The van der Waals surface area contributed by atoms with Crippen molar-refractivity contribution in [3.8, 4) is 5.75 Å². The molecule has 0 atom stereocenters. The zero-order chi connectivity index (χ0) is 18.7. The maximum Gasteiger partial charge on any atom is 0.131 e. The van der Waals surface area contributed by atoms with Gasteiger partial charge in [-0.1, -0.05) is 48.0 Å². The summed E-state index contributed by atoms with van der Waals surface area (Å²) in [5, 5.41) is 6.16. The van der Waals surface area contributed by atoms with Crippen LogP contribution in [0.4, 0.5) is 4.39 Å². The molecule has 136 valence electrons. The summed E-state index contributed by atoms with van der Waals surface area (Å²) >= 11 is 6.12. The molecule has 0 saturated carbocycles. The minimum absolute atomic E-state index is 0.0247. The van der Waals surface area contributed by atoms with Gasteiger partial charge in [0.1, 0.15) is 18.2 Å². The first kappa shape index (κ1) is 18.7. The van der Waals surface area contributed by atoms with Crippen LogP contribution in [0.25, 0.3) is 10.8 Å². The molecule has 0 aromatic heterocycles. The van der Waals surface area contributed by atoms with Crippen LogP contribution < -0.4 is 10.1 Å². The van der Waals surface area contributed by atoms with Crippen LogP contribution in [0.3, 0.4) is 0 Å². The van der Waals surface area contributed by atoms with E-state index >= 15 is 0 Å². The van der Waals surface area contributed by atoms with E-state index in [1.165, 1.54) is 6.07 Å². The average molecular weight is 372 g/mol. The highest BCUT2D eigenvalue weighted by Gasteiger charge is 2.15. The quantitative estimate of drug-likeness (QED) is 0.585. The second-order valence-corrected chi connectivity index (χ2v) is 7.76. The Morgan fingerprint density at radius 2 is 1.73 bits per heavy atom. The van der Waals surface area contributed by atoms with Gasteiger partial charge in [-0.05, 0) is 49.7 Å². The molecule has 0 radical (unpaired) electrons. The molecule has 0 amide bonds. The molecule has 0 aliphatic heterocycles. The molecule has 0 heterocycles. The molecule has 3 aromatic carbocycles. The van der Waals surface area contributed by atoms with Crippen LogP contribution in [0.15, 0.2) is 54.6 Å². The summed E-state index contributed by atoms with van der Waals surface area (Å²) in [6.07, 6.45) is 0. The van der Waals surface area contributed by atoms with Crippen LogP contribution in [0.5, 0.6) is 5.75 Å². The molecule has 0 aliphatic rings. The topological polar surface area (TPSA) is 21.3 Å². The molecular formula is C22H23ClFNO. The summed E-state index contributed by atoms with van der Waals surface area (Å²) in [5.41, 5.74) is 1.41. The molecule has 2 nitrogen and oxygen atoms in total. The van der Waals surface area contributed by atoms with E-state index in [1.807, 2.05) is 24.3 Å². The number of benzene rings is 3. The van der Waals surface area contributed by atoms with Gasteiger partial charge in [0.2, 0.25) is 0 Å². The largest absolute Gasteiger partial charge is 0.488 e. The van der Waals surface area contributed by atoms with Gasteiger partial charge in [0.25, 0.3) is 0 Å². The Hall–Kier alpha value is -2.10. The van der Waals surface area contributed by atoms with E-state index in [9.17, 15) is 4.39 Å². The third-order valence-corrected chi connectivity index (χ3v) is 4.58. The van der Waals surface area contributed by atoms with Crippen LogP contribution in [-0.2, 0) is 13.2 Å². The molecule has 1 N–H and O–H groups in total. The molecule has 0 fully saturated rings. The minimum Gasteiger partial charge on any atom is -0.488 e. The Morgan fingerprint density at radius 3 is 2.46 bits per heavy atom. The maximum absolute atomic E-state index is 14.0. The van der Waals surface area contributed by atoms with E-state index in [1.54, 1.807) is 12.1 Å². The maximum atomic E-state index is 14.0. The zero-order valence-electron chi connectivity index (χ0n) is 15.3. The first-order chi connectivity index (χ1) is 12.3. The van der Waals surface area contributed by atoms with E-state index < -0.39 is 0 Å². The van der Waals surface area contributed by atoms with Crippen LogP contribution in [0.2, 0.25) is 5.02 Å². The fraction of sp³-hybridized carbons (Fsp3) is 0.273. The monoisotopic (exact) mass is 371 g/mol. The summed E-state index contributed by atoms with van der Waals surface area (Å²) in [5.74, 6) is 0.382. The molecular weight excluding hydrogens is 349 g/mol. The standard InChI is InChI=1S/C22H23ClFNO/c1-22(2,3)25-13-17-16-8-5-4-7-15(16)11-12-21(17)26-14-18-19(23)9-6-10-20(18)24/h4-12,25H,13-14H2,1-3H3. The summed E-state index contributed by atoms with van der Waals surface area (Å²) < 4.78 is 20.0. The SMILES string of the molecule is CC(C)(C)NCc1c(OCc2c(F)cccc2Cl)ccc2ccccc12. The number of halogens is 2. The van der Waals surface area contributed by atoms with Gasteiger partial charge >= 0.3 is 0 Å². The van der Waals surface area contributed by atoms with Crippen molar-refractivity contribution < 1.29 is 9.13 Å². The van der Waals surface area contributed by atoms with E-state index in [4.69, 9.17) is 16.3 Å². The number of hydrogen-bond acceptors (Lipinski definition) is 2. The van der Waals surface area contributed by atoms with E-state index in [2.05, 4.69) is 38.2 Å². The van der Waals surface area contributed by atoms with E-state index in [-0.39, 0.29) is 18.0 Å². The highest BCUT2D eigenvalue weighted by atomic mass is 35.5. The number of fused-ring (bicyclic) bond motifs is 1. The Labute approximate surface area is 158 Å². The number of hydrogen-bond donors (Lipinski definition) is 1. The van der Waals surface area contributed by atoms with Crippen LogP contribution in [-0.4, -0.2) is 5.54 Å². The second-order valence-electron chi connectivity index (χ2n) is 7.36. The molecule has 3 aromatic rings. The van der Waals surface area contributed by atoms with Crippen LogP contribution >= 0.6 is 11.6 Å². The summed E-state index contributed by atoms with van der Waals surface area (Å²) in [7, 11) is 0. The zero-order valence-corrected chi connectivity index (χ0v) is 16.0. The number of nitrogens with one attached hydrogen (secondary N) is 1. The number of rotatable bonds is 5. The predicted molar refractivity (Wildman–Crippen MR) is 106 cm³/mol. The lowest BCUT2D eigenvalue weighted by Crippen LogP contribution is -2.35. The molecule has 0 saturated heterocycles. The van der Waals surface area contributed by atoms with Crippen molar-refractivity contribution in [2.45, 2.75) is 39.5 Å². The lowest BCUT2D eigenvalue weighted by molar-refractivity contribution is 0.295. The first-order valence-corrected chi connectivity index (χ1v) is 9.04. The normalized spacial score (nSPS) is 11.7. The Bertz CT molecular complexity index is 897. The van der Waals surface area contributed by atoms with Gasteiger partial charge in [0.05, 0.1) is 5.02 Å². The van der Waals surface area contributed by atoms with Crippen LogP contribution in [0.1, 0.15) is 31.9 Å². The smallest absolute Gasteiger partial charge is 0.131 e. The molecule has 0 unspecified atom stereocenters. The Morgan fingerprint density at radius 1 is 0.962 bits per heavy atom. The van der Waals surface area contributed by atoms with Gasteiger partial charge in [0, 0.05) is 23.2 Å². The van der Waals surface area contributed by atoms with Crippen molar-refractivity contribution in [3.05, 3.63) is 76.6 Å². The minimum atomic E-state index is -0.354. The fourth-order valence-corrected chi connectivity index (χ4v) is 3.02. The molecule has 0 aliphatic carbocycles. The molecule has 3 rings (SSSR count). The second kappa shape index (κ2) is 7.65. The molecule has 4 heteroatoms. The summed E-state index contributed by atoms with van der Waals surface area (Å²) in [4.78, 5) is 0. The van der Waals surface area contributed by atoms with Gasteiger partial charge in [-0.2, -0.15) is 0 Å². The first-order valence-electron chi connectivity index (χ1n) is 8.66. The average Bonchev–Trinajstić information content (AvgIpc) is 2.59. The molecule has 26 heavy (non-hydrogen) atoms. The molecule has 0 bridgehead atoms. The van der Waals surface area contributed by atoms with Crippen molar-refractivity contribution in [3.63, 3.8) is 0 Å². The van der Waals surface area contributed by atoms with Gasteiger partial charge in [0.15, 0.2) is 0 Å². The Balaban J connectivity index is 1.94. The highest BCUT2D eigenvalue weighted by molar-refractivity contribution is 6.31. The third-order valence-electron chi connectivity index (χ3n) is 4.23. The predicted octanol–water partition coefficient (Wildman–Crippen LogP) is 6.10. The molecule has 0 spiro atoms. The Kier molecular flexibility index (Phi) is 5.49. The van der Waals surface area contributed by atoms with Gasteiger partial charge in [-0.25, -0.2) is 4.39 Å². The van der Waals surface area contributed by atoms with Crippen molar-refractivity contribution in [2.24, 2.45) is 0 Å². The van der Waals surface area contributed by atoms with E-state index in [0.717, 1.165) is 22.1 Å². The van der Waals surface area contributed by atoms with Crippen molar-refractivity contribution in [1.82, 2.24) is 5.32 Å². The lowest BCUT2D eigenvalue weighted by atomic mass is 10.0. The van der Waals surface area contributed by atoms with Crippen molar-refractivity contribution in [1.29, 1.82) is 0 Å². The number of ether oxygens (including phenoxy) is 1. The summed E-state index contributed by atoms with van der Waals surface area (Å²) in [6, 6.07) is 16.8. The van der Waals surface area contributed by atoms with Crippen LogP contribution in [0, 0.1) is 5.82 Å². The van der Waals surface area contributed by atoms with Gasteiger partial charge in [-0.15, -0.1) is 0 Å². The third kappa shape index (κ3) is 4.35. The van der Waals surface area contributed by atoms with Gasteiger partial charge in [-0.3, -0.25) is 0 Å². The van der Waals surface area contributed by atoms with E-state index in [0.29, 0.717) is 17.1 Å². The van der Waals surface area contributed by atoms with Crippen molar-refractivity contribution >= 4 is 22.4 Å².